The zero-order valence-corrected chi connectivity index (χ0v) is 15.2. The second-order valence-electron chi connectivity index (χ2n) is 6.83. The number of rotatable bonds is 3. The van der Waals surface area contributed by atoms with E-state index in [9.17, 15) is 32.0 Å². The van der Waals surface area contributed by atoms with Crippen molar-refractivity contribution in [1.82, 2.24) is 4.57 Å². The van der Waals surface area contributed by atoms with Crippen molar-refractivity contribution in [2.45, 2.75) is 26.1 Å². The molecule has 1 atom stereocenters. The minimum Gasteiger partial charge on any atom is -0.303 e. The van der Waals surface area contributed by atoms with Crippen LogP contribution in [0.25, 0.3) is 5.57 Å². The number of hydrogen-bond acceptors (Lipinski definition) is 2. The lowest BCUT2D eigenvalue weighted by Gasteiger charge is -2.22. The molecule has 3 rings (SSSR count). The Bertz CT molecular complexity index is 1120. The van der Waals surface area contributed by atoms with Crippen molar-refractivity contribution in [3.8, 4) is 6.07 Å². The summed E-state index contributed by atoms with van der Waals surface area (Å²) in [5.74, 6) is -2.19. The molecular weight excluding hydrogens is 391 g/mol. The average Bonchev–Trinajstić information content (AvgIpc) is 2.65. The number of hydrogen-bond donors (Lipinski definition) is 0. The van der Waals surface area contributed by atoms with E-state index in [0.29, 0.717) is 12.0 Å². The molecule has 1 aliphatic rings. The first kappa shape index (κ1) is 20.5. The molecule has 2 aromatic rings. The summed E-state index contributed by atoms with van der Waals surface area (Å²) in [6.07, 6.45) is 0.646. The van der Waals surface area contributed by atoms with Gasteiger partial charge in [-0.1, -0.05) is 31.2 Å². The molecule has 0 fully saturated rings. The molecule has 8 heteroatoms. The van der Waals surface area contributed by atoms with Crippen LogP contribution in [0, 0.1) is 28.9 Å². The number of alkyl halides is 3. The molecule has 1 unspecified atom stereocenters. The van der Waals surface area contributed by atoms with Crippen molar-refractivity contribution < 1.29 is 22.0 Å². The number of allylic oxidation sites excluding steroid dienone is 4. The van der Waals surface area contributed by atoms with Crippen LogP contribution in [0.2, 0.25) is 0 Å². The summed E-state index contributed by atoms with van der Waals surface area (Å²) < 4.78 is 68.2. The predicted octanol–water partition coefficient (Wildman–Crippen LogP) is 5.04. The molecule has 1 aromatic heterocycles. The first-order valence-electron chi connectivity index (χ1n) is 8.68. The number of aromatic nitrogens is 1. The molecule has 0 N–H and O–H groups in total. The molecule has 0 spiro atoms. The highest BCUT2D eigenvalue weighted by molar-refractivity contribution is 5.68. The zero-order valence-electron chi connectivity index (χ0n) is 15.2. The molecule has 0 amide bonds. The summed E-state index contributed by atoms with van der Waals surface area (Å²) in [6, 6.07) is 5.08. The van der Waals surface area contributed by atoms with Crippen LogP contribution in [0.4, 0.5) is 22.0 Å². The van der Waals surface area contributed by atoms with E-state index in [1.807, 2.05) is 13.0 Å². The summed E-state index contributed by atoms with van der Waals surface area (Å²) in [7, 11) is 0. The molecule has 1 aliphatic carbocycles. The van der Waals surface area contributed by atoms with Crippen LogP contribution >= 0.6 is 0 Å². The van der Waals surface area contributed by atoms with Gasteiger partial charge in [-0.25, -0.2) is 8.78 Å². The largest absolute Gasteiger partial charge is 0.417 e. The molecule has 3 nitrogen and oxygen atoms in total. The minimum atomic E-state index is -4.89. The third kappa shape index (κ3) is 4.14. The van der Waals surface area contributed by atoms with Gasteiger partial charge >= 0.3 is 6.18 Å². The lowest BCUT2D eigenvalue weighted by Crippen LogP contribution is -2.30. The van der Waals surface area contributed by atoms with Gasteiger partial charge in [-0.3, -0.25) is 4.79 Å². The van der Waals surface area contributed by atoms with Crippen LogP contribution in [0.3, 0.4) is 0 Å². The standard InChI is InChI=1S/C21H15F5N2O/c1-12-3-2-4-14(7-12)19-9-16(21(24,25)26)15(10-27)20(29)28(19)11-13-5-6-17(22)18(23)8-13/h2-6,8-9,12H,7,11H2,1H3. The van der Waals surface area contributed by atoms with Crippen LogP contribution < -0.4 is 5.56 Å². The van der Waals surface area contributed by atoms with Gasteiger partial charge < -0.3 is 4.57 Å². The number of nitriles is 1. The SMILES string of the molecule is CC1C=CC=C(c2cc(C(F)(F)F)c(C#N)c(=O)n2Cc2ccc(F)c(F)c2)C1. The van der Waals surface area contributed by atoms with Gasteiger partial charge in [0.1, 0.15) is 11.6 Å². The predicted molar refractivity (Wildman–Crippen MR) is 96.8 cm³/mol. The van der Waals surface area contributed by atoms with Gasteiger partial charge in [-0.2, -0.15) is 18.4 Å². The number of pyridine rings is 1. The van der Waals surface area contributed by atoms with Gasteiger partial charge in [-0.05, 0) is 41.7 Å². The van der Waals surface area contributed by atoms with Gasteiger partial charge in [0, 0.05) is 5.69 Å². The van der Waals surface area contributed by atoms with Crippen molar-refractivity contribution >= 4 is 5.57 Å². The first-order chi connectivity index (χ1) is 13.6. The Morgan fingerprint density at radius 1 is 1.21 bits per heavy atom. The fourth-order valence-electron chi connectivity index (χ4n) is 3.26. The maximum Gasteiger partial charge on any atom is 0.417 e. The van der Waals surface area contributed by atoms with Crippen LogP contribution in [0.15, 0.2) is 47.3 Å². The lowest BCUT2D eigenvalue weighted by atomic mass is 9.92. The highest BCUT2D eigenvalue weighted by Crippen LogP contribution is 2.34. The molecule has 150 valence electrons. The topological polar surface area (TPSA) is 45.8 Å². The fraction of sp³-hybridized carbons (Fsp3) is 0.238. The van der Waals surface area contributed by atoms with E-state index in [2.05, 4.69) is 0 Å². The second kappa shape index (κ2) is 7.66. The zero-order chi connectivity index (χ0) is 21.3. The van der Waals surface area contributed by atoms with Gasteiger partial charge in [-0.15, -0.1) is 0 Å². The van der Waals surface area contributed by atoms with Crippen LogP contribution in [-0.4, -0.2) is 4.57 Å². The van der Waals surface area contributed by atoms with Gasteiger partial charge in [0.05, 0.1) is 12.1 Å². The minimum absolute atomic E-state index is 0.0118. The third-order valence-electron chi connectivity index (χ3n) is 4.65. The number of halogens is 5. The van der Waals surface area contributed by atoms with E-state index in [0.717, 1.165) is 22.8 Å². The highest BCUT2D eigenvalue weighted by atomic mass is 19.4. The van der Waals surface area contributed by atoms with E-state index < -0.39 is 34.5 Å². The first-order valence-corrected chi connectivity index (χ1v) is 8.68. The Labute approximate surface area is 163 Å². The molecule has 0 aliphatic heterocycles. The molecule has 0 saturated carbocycles. The Hall–Kier alpha value is -3.21. The molecular formula is C21H15F5N2O. The van der Waals surface area contributed by atoms with Gasteiger partial charge in [0.15, 0.2) is 11.6 Å². The second-order valence-corrected chi connectivity index (χ2v) is 6.83. The normalized spacial score (nSPS) is 16.4. The summed E-state index contributed by atoms with van der Waals surface area (Å²) in [5.41, 5.74) is -2.84. The van der Waals surface area contributed by atoms with Crippen LogP contribution in [0.1, 0.15) is 35.7 Å². The van der Waals surface area contributed by atoms with Crippen molar-refractivity contribution in [1.29, 1.82) is 5.26 Å². The Kier molecular flexibility index (Phi) is 5.42. The molecule has 0 bridgehead atoms. The molecule has 0 saturated heterocycles. The summed E-state index contributed by atoms with van der Waals surface area (Å²) in [6.45, 7) is 1.56. The van der Waals surface area contributed by atoms with Crippen molar-refractivity contribution in [3.05, 3.63) is 86.9 Å². The maximum absolute atomic E-state index is 13.6. The van der Waals surface area contributed by atoms with E-state index in [-0.39, 0.29) is 23.7 Å². The van der Waals surface area contributed by atoms with Gasteiger partial charge in [0.25, 0.3) is 5.56 Å². The van der Waals surface area contributed by atoms with E-state index in [1.54, 1.807) is 12.2 Å². The smallest absolute Gasteiger partial charge is 0.303 e. The van der Waals surface area contributed by atoms with E-state index >= 15 is 0 Å². The Morgan fingerprint density at radius 3 is 2.52 bits per heavy atom. The van der Waals surface area contributed by atoms with Crippen LogP contribution in [-0.2, 0) is 12.7 Å². The quantitative estimate of drug-likeness (QED) is 0.670. The van der Waals surface area contributed by atoms with Crippen molar-refractivity contribution in [2.75, 3.05) is 0 Å². The third-order valence-corrected chi connectivity index (χ3v) is 4.65. The average molecular weight is 406 g/mol. The molecule has 29 heavy (non-hydrogen) atoms. The van der Waals surface area contributed by atoms with Gasteiger partial charge in [0.2, 0.25) is 0 Å². The summed E-state index contributed by atoms with van der Waals surface area (Å²) in [5, 5.41) is 9.18. The summed E-state index contributed by atoms with van der Waals surface area (Å²) in [4.78, 5) is 12.8. The van der Waals surface area contributed by atoms with E-state index in [4.69, 9.17) is 0 Å². The molecule has 1 aromatic carbocycles. The molecule has 1 heterocycles. The monoisotopic (exact) mass is 406 g/mol. The van der Waals surface area contributed by atoms with Crippen molar-refractivity contribution in [3.63, 3.8) is 0 Å². The van der Waals surface area contributed by atoms with Crippen LogP contribution in [0.5, 0.6) is 0 Å². The fourth-order valence-corrected chi connectivity index (χ4v) is 3.26. The van der Waals surface area contributed by atoms with Crippen molar-refractivity contribution in [2.24, 2.45) is 5.92 Å². The number of nitrogens with zero attached hydrogens (tertiary/aromatic N) is 2. The number of benzene rings is 1. The Balaban J connectivity index is 2.26. The highest BCUT2D eigenvalue weighted by Gasteiger charge is 2.36. The Morgan fingerprint density at radius 2 is 1.93 bits per heavy atom. The van der Waals surface area contributed by atoms with E-state index in [1.165, 1.54) is 12.1 Å². The summed E-state index contributed by atoms with van der Waals surface area (Å²) >= 11 is 0. The lowest BCUT2D eigenvalue weighted by molar-refractivity contribution is -0.138. The maximum atomic E-state index is 13.6. The molecule has 0 radical (unpaired) electrons.